The van der Waals surface area contributed by atoms with E-state index in [0.717, 1.165) is 5.56 Å². The van der Waals surface area contributed by atoms with E-state index in [1.54, 1.807) is 12.1 Å². The second-order valence-corrected chi connectivity index (χ2v) is 6.61. The molecule has 0 saturated carbocycles. The molecule has 0 bridgehead atoms. The van der Waals surface area contributed by atoms with E-state index in [-0.39, 0.29) is 29.0 Å². The number of carbonyl (C=O) groups excluding carboxylic acids is 1. The molecule has 1 rings (SSSR count). The largest absolute Gasteiger partial charge is 0.298 e. The summed E-state index contributed by atoms with van der Waals surface area (Å²) in [5.74, 6) is -0.00316. The summed E-state index contributed by atoms with van der Waals surface area (Å²) in [7, 11) is -1.13. The Morgan fingerprint density at radius 2 is 1.78 bits per heavy atom. The molecule has 2 nitrogen and oxygen atoms in total. The molecule has 0 heterocycles. The quantitative estimate of drug-likeness (QED) is 0.796. The highest BCUT2D eigenvalue weighted by Gasteiger charge is 2.18. The topological polar surface area (TPSA) is 34.1 Å². The third kappa shape index (κ3) is 4.69. The van der Waals surface area contributed by atoms with Gasteiger partial charge in [0, 0.05) is 22.5 Å². The minimum atomic E-state index is -1.13. The van der Waals surface area contributed by atoms with Crippen LogP contribution in [0.15, 0.2) is 24.3 Å². The summed E-state index contributed by atoms with van der Waals surface area (Å²) in [6.07, 6.45) is 0.219. The summed E-state index contributed by atoms with van der Waals surface area (Å²) >= 11 is 0. The molecule has 1 aromatic rings. The second-order valence-electron chi connectivity index (χ2n) is 4.82. The number of hydrogen-bond acceptors (Lipinski definition) is 2. The summed E-state index contributed by atoms with van der Waals surface area (Å²) in [5, 5.41) is 0.0159. The molecule has 0 aliphatic heterocycles. The molecule has 0 amide bonds. The Kier molecular flexibility index (Phi) is 5.66. The number of halogens is 1. The SMILES string of the molecule is CC(C)C(C)S(=O)CC(=O)Cc1ccc(F)cc1. The maximum Gasteiger partial charge on any atom is 0.149 e. The molecule has 1 aromatic carbocycles. The lowest BCUT2D eigenvalue weighted by atomic mass is 10.1. The van der Waals surface area contributed by atoms with Crippen molar-refractivity contribution in [2.75, 3.05) is 5.75 Å². The highest BCUT2D eigenvalue weighted by atomic mass is 32.2. The van der Waals surface area contributed by atoms with Gasteiger partial charge in [-0.25, -0.2) is 4.39 Å². The summed E-state index contributed by atoms with van der Waals surface area (Å²) < 4.78 is 24.6. The zero-order chi connectivity index (χ0) is 13.7. The zero-order valence-corrected chi connectivity index (χ0v) is 11.8. The normalized spacial score (nSPS) is 14.5. The first-order chi connectivity index (χ1) is 8.40. The van der Waals surface area contributed by atoms with E-state index in [0.29, 0.717) is 5.92 Å². The Hall–Kier alpha value is -1.03. The van der Waals surface area contributed by atoms with Crippen molar-refractivity contribution in [1.82, 2.24) is 0 Å². The first-order valence-corrected chi connectivity index (χ1v) is 7.41. The van der Waals surface area contributed by atoms with Gasteiger partial charge in [0.15, 0.2) is 0 Å². The number of Topliss-reactive ketones (excluding diaryl/α,β-unsaturated/α-hetero) is 1. The predicted molar refractivity (Wildman–Crippen MR) is 72.4 cm³/mol. The monoisotopic (exact) mass is 270 g/mol. The van der Waals surface area contributed by atoms with Crippen LogP contribution in [0.2, 0.25) is 0 Å². The maximum atomic E-state index is 12.7. The first-order valence-electron chi connectivity index (χ1n) is 6.03. The Bertz CT molecular complexity index is 426. The standard InChI is InChI=1S/C14H19FO2S/c1-10(2)11(3)18(17)9-14(16)8-12-4-6-13(15)7-5-12/h4-7,10-11H,8-9H2,1-3H3. The Labute approximate surface area is 110 Å². The van der Waals surface area contributed by atoms with Crippen LogP contribution < -0.4 is 0 Å². The molecule has 0 spiro atoms. The molecule has 0 fully saturated rings. The van der Waals surface area contributed by atoms with E-state index in [4.69, 9.17) is 0 Å². The summed E-state index contributed by atoms with van der Waals surface area (Å²) in [6, 6.07) is 5.83. The van der Waals surface area contributed by atoms with Crippen molar-refractivity contribution >= 4 is 16.6 Å². The number of carbonyl (C=O) groups is 1. The molecule has 4 heteroatoms. The molecule has 0 radical (unpaired) electrons. The van der Waals surface area contributed by atoms with Crippen molar-refractivity contribution in [3.8, 4) is 0 Å². The average molecular weight is 270 g/mol. The highest BCUT2D eigenvalue weighted by molar-refractivity contribution is 7.86. The number of benzene rings is 1. The van der Waals surface area contributed by atoms with Crippen LogP contribution in [0.1, 0.15) is 26.3 Å². The molecule has 2 unspecified atom stereocenters. The van der Waals surface area contributed by atoms with Gasteiger partial charge >= 0.3 is 0 Å². The summed E-state index contributed by atoms with van der Waals surface area (Å²) in [4.78, 5) is 11.7. The minimum absolute atomic E-state index is 0.0159. The van der Waals surface area contributed by atoms with Gasteiger partial charge in [-0.05, 0) is 23.6 Å². The van der Waals surface area contributed by atoms with Crippen molar-refractivity contribution < 1.29 is 13.4 Å². The van der Waals surface area contributed by atoms with Crippen molar-refractivity contribution in [2.24, 2.45) is 5.92 Å². The summed E-state index contributed by atoms with van der Waals surface area (Å²) in [5.41, 5.74) is 0.760. The van der Waals surface area contributed by atoms with Crippen molar-refractivity contribution in [3.05, 3.63) is 35.6 Å². The molecule has 2 atom stereocenters. The minimum Gasteiger partial charge on any atom is -0.298 e. The van der Waals surface area contributed by atoms with Crippen molar-refractivity contribution in [2.45, 2.75) is 32.4 Å². The molecule has 0 aliphatic carbocycles. The van der Waals surface area contributed by atoms with Gasteiger partial charge in [0.1, 0.15) is 11.6 Å². The van der Waals surface area contributed by atoms with Gasteiger partial charge < -0.3 is 0 Å². The predicted octanol–water partition coefficient (Wildman–Crippen LogP) is 2.73. The van der Waals surface area contributed by atoms with Gasteiger partial charge in [-0.1, -0.05) is 32.9 Å². The third-order valence-electron chi connectivity index (χ3n) is 2.97. The lowest BCUT2D eigenvalue weighted by Gasteiger charge is -2.14. The number of hydrogen-bond donors (Lipinski definition) is 0. The molecule has 100 valence electrons. The van der Waals surface area contributed by atoms with Crippen LogP contribution >= 0.6 is 0 Å². The third-order valence-corrected chi connectivity index (χ3v) is 4.95. The lowest BCUT2D eigenvalue weighted by molar-refractivity contribution is -0.116. The lowest BCUT2D eigenvalue weighted by Crippen LogP contribution is -2.24. The van der Waals surface area contributed by atoms with E-state index in [2.05, 4.69) is 0 Å². The van der Waals surface area contributed by atoms with E-state index < -0.39 is 10.8 Å². The van der Waals surface area contributed by atoms with Gasteiger partial charge in [0.25, 0.3) is 0 Å². The van der Waals surface area contributed by atoms with E-state index in [1.807, 2.05) is 20.8 Å². The molecule has 18 heavy (non-hydrogen) atoms. The van der Waals surface area contributed by atoms with Crippen molar-refractivity contribution in [3.63, 3.8) is 0 Å². The van der Waals surface area contributed by atoms with Crippen LogP contribution in [0, 0.1) is 11.7 Å². The van der Waals surface area contributed by atoms with Crippen LogP contribution in [0.3, 0.4) is 0 Å². The van der Waals surface area contributed by atoms with Crippen LogP contribution in [-0.2, 0) is 22.0 Å². The molecule has 0 aliphatic rings. The van der Waals surface area contributed by atoms with Crippen LogP contribution in [0.4, 0.5) is 4.39 Å². The Balaban J connectivity index is 2.52. The fourth-order valence-electron chi connectivity index (χ4n) is 1.47. The van der Waals surface area contributed by atoms with Crippen LogP contribution in [0.5, 0.6) is 0 Å². The molecular formula is C14H19FO2S. The molecule has 0 saturated heterocycles. The van der Waals surface area contributed by atoms with E-state index in [1.165, 1.54) is 12.1 Å². The number of rotatable bonds is 6. The van der Waals surface area contributed by atoms with Crippen LogP contribution in [0.25, 0.3) is 0 Å². The first kappa shape index (κ1) is 15.0. The maximum absolute atomic E-state index is 12.7. The second kappa shape index (κ2) is 6.78. The highest BCUT2D eigenvalue weighted by Crippen LogP contribution is 2.10. The Morgan fingerprint density at radius 3 is 2.28 bits per heavy atom. The summed E-state index contributed by atoms with van der Waals surface area (Å²) in [6.45, 7) is 5.88. The zero-order valence-electron chi connectivity index (χ0n) is 11.0. The Morgan fingerprint density at radius 1 is 1.22 bits per heavy atom. The van der Waals surface area contributed by atoms with Gasteiger partial charge in [0.2, 0.25) is 0 Å². The molecular weight excluding hydrogens is 251 g/mol. The molecule has 0 N–H and O–H groups in total. The fourth-order valence-corrected chi connectivity index (χ4v) is 2.76. The van der Waals surface area contributed by atoms with Crippen LogP contribution in [-0.4, -0.2) is 21.0 Å². The van der Waals surface area contributed by atoms with Gasteiger partial charge in [-0.15, -0.1) is 0 Å². The van der Waals surface area contributed by atoms with Crippen molar-refractivity contribution in [1.29, 1.82) is 0 Å². The van der Waals surface area contributed by atoms with Gasteiger partial charge in [0.05, 0.1) is 5.75 Å². The average Bonchev–Trinajstić information content (AvgIpc) is 2.30. The molecule has 0 aromatic heterocycles. The number of ketones is 1. The van der Waals surface area contributed by atoms with E-state index >= 15 is 0 Å². The smallest absolute Gasteiger partial charge is 0.149 e. The van der Waals surface area contributed by atoms with Gasteiger partial charge in [-0.3, -0.25) is 9.00 Å². The van der Waals surface area contributed by atoms with Gasteiger partial charge in [-0.2, -0.15) is 0 Å². The fraction of sp³-hybridized carbons (Fsp3) is 0.500. The van der Waals surface area contributed by atoms with E-state index in [9.17, 15) is 13.4 Å².